The second kappa shape index (κ2) is 6.34. The molecule has 3 aliphatic carbocycles. The van der Waals surface area contributed by atoms with E-state index in [2.05, 4.69) is 35.2 Å². The molecule has 2 aliphatic heterocycles. The van der Waals surface area contributed by atoms with E-state index in [0.717, 1.165) is 35.9 Å². The van der Waals surface area contributed by atoms with Crippen molar-refractivity contribution in [3.05, 3.63) is 35.9 Å². The number of ether oxygens (including phenoxy) is 1. The van der Waals surface area contributed by atoms with Crippen LogP contribution in [-0.4, -0.2) is 35.2 Å². The smallest absolute Gasteiger partial charge is 0.0737 e. The lowest BCUT2D eigenvalue weighted by Gasteiger charge is -2.53. The zero-order valence-electron chi connectivity index (χ0n) is 15.9. The Hall–Kier alpha value is -0.860. The Kier molecular flexibility index (Phi) is 3.93. The number of nitrogens with zero attached hydrogens (tertiary/aromatic N) is 1. The van der Waals surface area contributed by atoms with E-state index < -0.39 is 0 Å². The van der Waals surface area contributed by atoms with Gasteiger partial charge in [-0.3, -0.25) is 4.90 Å². The third-order valence-electron chi connectivity index (χ3n) is 8.66. The largest absolute Gasteiger partial charge is 0.372 e. The maximum atomic E-state index is 6.75. The molecule has 5 aliphatic rings. The van der Waals surface area contributed by atoms with Crippen LogP contribution in [0.4, 0.5) is 0 Å². The molecule has 3 saturated carbocycles. The Morgan fingerprint density at radius 2 is 1.58 bits per heavy atom. The SMILES string of the molecule is c1ccc(C2CCC3C(C2)C2CCCC4OC5CCCCC5N3C42)cc1. The predicted molar refractivity (Wildman–Crippen MR) is 104 cm³/mol. The third kappa shape index (κ3) is 2.37. The summed E-state index contributed by atoms with van der Waals surface area (Å²) in [5, 5.41) is 0. The number of hydrogen-bond acceptors (Lipinski definition) is 2. The van der Waals surface area contributed by atoms with Crippen molar-refractivity contribution in [2.24, 2.45) is 11.8 Å². The van der Waals surface area contributed by atoms with Gasteiger partial charge in [0.15, 0.2) is 0 Å². The lowest BCUT2D eigenvalue weighted by Crippen LogP contribution is -2.63. The minimum absolute atomic E-state index is 0.550. The molecule has 2 heteroatoms. The third-order valence-corrected chi connectivity index (χ3v) is 8.66. The van der Waals surface area contributed by atoms with Gasteiger partial charge in [0, 0.05) is 18.1 Å². The number of hydrogen-bond donors (Lipinski definition) is 0. The van der Waals surface area contributed by atoms with Gasteiger partial charge >= 0.3 is 0 Å². The first-order valence-corrected chi connectivity index (χ1v) is 11.4. The first-order chi connectivity index (χ1) is 12.9. The predicted octanol–water partition coefficient (Wildman–Crippen LogP) is 5.13. The van der Waals surface area contributed by atoms with Crippen LogP contribution in [0, 0.1) is 11.8 Å². The lowest BCUT2D eigenvalue weighted by molar-refractivity contribution is -0.177. The second-order valence-electron chi connectivity index (χ2n) is 9.75. The Balaban J connectivity index is 1.32. The van der Waals surface area contributed by atoms with Crippen molar-refractivity contribution in [2.75, 3.05) is 0 Å². The number of rotatable bonds is 1. The van der Waals surface area contributed by atoms with E-state index in [4.69, 9.17) is 4.74 Å². The quantitative estimate of drug-likeness (QED) is 0.695. The van der Waals surface area contributed by atoms with E-state index in [1.807, 2.05) is 0 Å². The molecule has 1 aromatic rings. The van der Waals surface area contributed by atoms with E-state index in [1.54, 1.807) is 5.56 Å². The fourth-order valence-corrected chi connectivity index (χ4v) is 7.74. The highest BCUT2D eigenvalue weighted by atomic mass is 16.5. The Labute approximate surface area is 158 Å². The van der Waals surface area contributed by atoms with Gasteiger partial charge in [-0.25, -0.2) is 0 Å². The summed E-state index contributed by atoms with van der Waals surface area (Å²) in [5.41, 5.74) is 1.59. The topological polar surface area (TPSA) is 12.5 Å². The molecule has 0 amide bonds. The van der Waals surface area contributed by atoms with Gasteiger partial charge in [-0.2, -0.15) is 0 Å². The van der Waals surface area contributed by atoms with Gasteiger partial charge in [0.25, 0.3) is 0 Å². The summed E-state index contributed by atoms with van der Waals surface area (Å²) in [6.45, 7) is 0. The number of fused-ring (bicyclic) bond motifs is 5. The summed E-state index contributed by atoms with van der Waals surface area (Å²) < 4.78 is 6.75. The summed E-state index contributed by atoms with van der Waals surface area (Å²) in [5.74, 6) is 2.63. The molecule has 1 aromatic carbocycles. The highest BCUT2D eigenvalue weighted by Gasteiger charge is 2.59. The van der Waals surface area contributed by atoms with Crippen LogP contribution in [0.5, 0.6) is 0 Å². The zero-order chi connectivity index (χ0) is 17.1. The van der Waals surface area contributed by atoms with Crippen molar-refractivity contribution >= 4 is 0 Å². The van der Waals surface area contributed by atoms with E-state index in [-0.39, 0.29) is 0 Å². The molecular formula is C24H33NO. The van der Waals surface area contributed by atoms with Gasteiger partial charge < -0.3 is 4.74 Å². The number of benzene rings is 1. The van der Waals surface area contributed by atoms with Crippen LogP contribution in [0.1, 0.15) is 75.7 Å². The molecular weight excluding hydrogens is 318 g/mol. The Morgan fingerprint density at radius 1 is 0.731 bits per heavy atom. The van der Waals surface area contributed by atoms with Crippen LogP contribution in [0.2, 0.25) is 0 Å². The van der Waals surface area contributed by atoms with Gasteiger partial charge in [0.2, 0.25) is 0 Å². The average molecular weight is 352 g/mol. The minimum Gasteiger partial charge on any atom is -0.372 e. The van der Waals surface area contributed by atoms with Crippen molar-refractivity contribution in [3.8, 4) is 0 Å². The molecule has 8 atom stereocenters. The average Bonchev–Trinajstić information content (AvgIpc) is 3.05. The van der Waals surface area contributed by atoms with Crippen LogP contribution in [0.25, 0.3) is 0 Å². The molecule has 2 heterocycles. The molecule has 0 radical (unpaired) electrons. The monoisotopic (exact) mass is 351 g/mol. The second-order valence-corrected chi connectivity index (χ2v) is 9.75. The van der Waals surface area contributed by atoms with Gasteiger partial charge in [0.05, 0.1) is 12.2 Å². The lowest BCUT2D eigenvalue weighted by atomic mass is 9.68. The van der Waals surface area contributed by atoms with Crippen molar-refractivity contribution in [3.63, 3.8) is 0 Å². The zero-order valence-corrected chi connectivity index (χ0v) is 15.9. The maximum absolute atomic E-state index is 6.75. The normalized spacial score (nSPS) is 47.7. The highest BCUT2D eigenvalue weighted by molar-refractivity contribution is 5.22. The fraction of sp³-hybridized carbons (Fsp3) is 0.750. The van der Waals surface area contributed by atoms with E-state index in [1.165, 1.54) is 64.2 Å². The fourth-order valence-electron chi connectivity index (χ4n) is 7.74. The van der Waals surface area contributed by atoms with Crippen LogP contribution in [0.15, 0.2) is 30.3 Å². The first kappa shape index (κ1) is 16.1. The minimum atomic E-state index is 0.550. The molecule has 140 valence electrons. The summed E-state index contributed by atoms with van der Waals surface area (Å²) in [7, 11) is 0. The summed E-state index contributed by atoms with van der Waals surface area (Å²) in [6.07, 6.45) is 15.1. The van der Waals surface area contributed by atoms with Crippen LogP contribution >= 0.6 is 0 Å². The molecule has 0 bridgehead atoms. The Morgan fingerprint density at radius 3 is 2.50 bits per heavy atom. The molecule has 0 spiro atoms. The van der Waals surface area contributed by atoms with Gasteiger partial charge in [-0.15, -0.1) is 0 Å². The van der Waals surface area contributed by atoms with E-state index in [9.17, 15) is 0 Å². The molecule has 0 N–H and O–H groups in total. The van der Waals surface area contributed by atoms with Crippen LogP contribution < -0.4 is 0 Å². The molecule has 6 rings (SSSR count). The molecule has 8 unspecified atom stereocenters. The molecule has 26 heavy (non-hydrogen) atoms. The van der Waals surface area contributed by atoms with Crippen LogP contribution in [-0.2, 0) is 4.74 Å². The van der Waals surface area contributed by atoms with E-state index in [0.29, 0.717) is 12.2 Å². The molecule has 0 aromatic heterocycles. The standard InChI is InChI=1S/C24H33NO/c1-2-7-16(8-3-1)17-13-14-20-19(15-17)18-9-6-12-23-24(18)25(20)21-10-4-5-11-22(21)26-23/h1-3,7-8,17-24H,4-6,9-15H2. The molecule has 2 nitrogen and oxygen atoms in total. The summed E-state index contributed by atoms with van der Waals surface area (Å²) >= 11 is 0. The van der Waals surface area contributed by atoms with Crippen molar-refractivity contribution in [1.29, 1.82) is 0 Å². The van der Waals surface area contributed by atoms with Gasteiger partial charge in [-0.1, -0.05) is 49.6 Å². The molecule has 2 saturated heterocycles. The van der Waals surface area contributed by atoms with Gasteiger partial charge in [0.1, 0.15) is 0 Å². The van der Waals surface area contributed by atoms with Gasteiger partial charge in [-0.05, 0) is 68.3 Å². The summed E-state index contributed by atoms with van der Waals surface area (Å²) in [4.78, 5) is 3.08. The highest BCUT2D eigenvalue weighted by Crippen LogP contribution is 2.56. The number of morpholine rings is 1. The van der Waals surface area contributed by atoms with Crippen molar-refractivity contribution in [1.82, 2.24) is 4.90 Å². The van der Waals surface area contributed by atoms with Crippen LogP contribution in [0.3, 0.4) is 0 Å². The van der Waals surface area contributed by atoms with Crippen molar-refractivity contribution < 1.29 is 4.74 Å². The summed E-state index contributed by atoms with van der Waals surface area (Å²) in [6, 6.07) is 13.7. The van der Waals surface area contributed by atoms with Crippen molar-refractivity contribution in [2.45, 2.75) is 100 Å². The van der Waals surface area contributed by atoms with E-state index >= 15 is 0 Å². The maximum Gasteiger partial charge on any atom is 0.0737 e. The first-order valence-electron chi connectivity index (χ1n) is 11.4. The Bertz CT molecular complexity index is 645. The molecule has 5 fully saturated rings.